The van der Waals surface area contributed by atoms with Crippen LogP contribution in [0.2, 0.25) is 0 Å². The van der Waals surface area contributed by atoms with Gasteiger partial charge in [0.05, 0.1) is 0 Å². The maximum Gasteiger partial charge on any atom is 0.116 e. The highest BCUT2D eigenvalue weighted by atomic mass is 31.1. The van der Waals surface area contributed by atoms with E-state index in [4.69, 9.17) is 0 Å². The van der Waals surface area contributed by atoms with Crippen molar-refractivity contribution in [2.75, 3.05) is 0 Å². The fourth-order valence-electron chi connectivity index (χ4n) is 13.0. The molecule has 0 heterocycles. The van der Waals surface area contributed by atoms with Gasteiger partial charge in [-0.1, -0.05) is 79.8 Å². The van der Waals surface area contributed by atoms with Crippen LogP contribution in [0.4, 0.5) is 0 Å². The van der Waals surface area contributed by atoms with E-state index in [9.17, 15) is 0 Å². The van der Waals surface area contributed by atoms with E-state index in [0.29, 0.717) is 32.0 Å². The molecule has 0 amide bonds. The largest absolute Gasteiger partial charge is 0.116 e. The van der Waals surface area contributed by atoms with Crippen LogP contribution >= 0.6 is 7.92 Å². The molecule has 5 unspecified atom stereocenters. The highest BCUT2D eigenvalue weighted by Crippen LogP contribution is 2.86. The molecule has 0 saturated heterocycles. The molecule has 0 aliphatic heterocycles. The van der Waals surface area contributed by atoms with E-state index in [2.05, 4.69) is 79.7 Å². The Kier molecular flexibility index (Phi) is 5.49. The minimum atomic E-state index is -0.104. The van der Waals surface area contributed by atoms with E-state index in [1.807, 2.05) is 0 Å². The Hall–Kier alpha value is -0.285. The molecule has 8 fully saturated rings. The normalized spacial score (nSPS) is 47.8. The van der Waals surface area contributed by atoms with Gasteiger partial charge in [0.2, 0.25) is 0 Å². The summed E-state index contributed by atoms with van der Waals surface area (Å²) in [6, 6.07) is 12.0. The summed E-state index contributed by atoms with van der Waals surface area (Å²) < 4.78 is 0. The van der Waals surface area contributed by atoms with Gasteiger partial charge in [0.15, 0.2) is 0 Å². The van der Waals surface area contributed by atoms with Gasteiger partial charge >= 0.3 is 0 Å². The van der Waals surface area contributed by atoms with Gasteiger partial charge < -0.3 is 0 Å². The Morgan fingerprint density at radius 2 is 1.03 bits per heavy atom. The highest BCUT2D eigenvalue weighted by molar-refractivity contribution is 7.63. The molecule has 0 nitrogen and oxygen atoms in total. The second-order valence-corrected chi connectivity index (χ2v) is 21.3. The monoisotopic (exact) mass is 516 g/mol. The van der Waals surface area contributed by atoms with Crippen molar-refractivity contribution in [3.8, 4) is 0 Å². The Morgan fingerprint density at radius 3 is 1.38 bits per heavy atom. The highest BCUT2D eigenvalue weighted by Gasteiger charge is 2.70. The lowest BCUT2D eigenvalue weighted by Crippen LogP contribution is -2.64. The van der Waals surface area contributed by atoms with E-state index in [1.54, 1.807) is 82.6 Å². The SMILES string of the molecule is BC(c1ccccc1)P(C12CC3CC(C1)CC(C(C)(C)C)(C3)C2)C12CC3CC(C1)CC(C(C)(C)C)(C3)C2. The number of hydrogen-bond donors (Lipinski definition) is 0. The second-order valence-electron chi connectivity index (χ2n) is 17.9. The smallest absolute Gasteiger partial charge is 0.0945 e. The second kappa shape index (κ2) is 7.92. The lowest BCUT2D eigenvalue weighted by molar-refractivity contribution is -0.113. The van der Waals surface area contributed by atoms with Crippen molar-refractivity contribution in [3.05, 3.63) is 35.9 Å². The van der Waals surface area contributed by atoms with Crippen LogP contribution in [0.25, 0.3) is 0 Å². The third-order valence-corrected chi connectivity index (χ3v) is 18.1. The maximum absolute atomic E-state index is 2.73. The van der Waals surface area contributed by atoms with Gasteiger partial charge in [-0.15, -0.1) is 0 Å². The van der Waals surface area contributed by atoms with Crippen LogP contribution in [0.15, 0.2) is 30.3 Å². The van der Waals surface area contributed by atoms with Crippen LogP contribution in [0, 0.1) is 45.3 Å². The first-order chi connectivity index (χ1) is 17.3. The lowest BCUT2D eigenvalue weighted by Gasteiger charge is -2.74. The molecule has 0 spiro atoms. The molecule has 0 aromatic heterocycles. The summed E-state index contributed by atoms with van der Waals surface area (Å²) in [6.07, 6.45) is 18.8. The van der Waals surface area contributed by atoms with Gasteiger partial charge in [-0.05, 0) is 144 Å². The number of rotatable bonds is 4. The van der Waals surface area contributed by atoms with Crippen molar-refractivity contribution in [3.63, 3.8) is 0 Å². The summed E-state index contributed by atoms with van der Waals surface area (Å²) >= 11 is 0. The van der Waals surface area contributed by atoms with E-state index >= 15 is 0 Å². The summed E-state index contributed by atoms with van der Waals surface area (Å²) in [5.74, 6) is 4.05. The van der Waals surface area contributed by atoms with E-state index in [1.165, 1.54) is 0 Å². The van der Waals surface area contributed by atoms with Gasteiger partial charge in [-0.25, -0.2) is 0 Å². The molecule has 1 aromatic carbocycles. The first-order valence-electron chi connectivity index (χ1n) is 16.1. The van der Waals surface area contributed by atoms with Crippen molar-refractivity contribution in [2.24, 2.45) is 45.3 Å². The molecule has 8 saturated carbocycles. The molecule has 2 heteroatoms. The molecule has 0 N–H and O–H groups in total. The lowest BCUT2D eigenvalue weighted by atomic mass is 9.43. The molecule has 0 radical (unpaired) electrons. The summed E-state index contributed by atoms with van der Waals surface area (Å²) in [6.45, 7) is 15.7. The van der Waals surface area contributed by atoms with Crippen LogP contribution in [0.1, 0.15) is 130 Å². The molecular formula is C35H54BP. The summed E-state index contributed by atoms with van der Waals surface area (Å²) in [7, 11) is 2.62. The zero-order chi connectivity index (χ0) is 26.1. The van der Waals surface area contributed by atoms with Crippen molar-refractivity contribution < 1.29 is 0 Å². The quantitative estimate of drug-likeness (QED) is 0.276. The zero-order valence-corrected chi connectivity index (χ0v) is 26.1. The van der Waals surface area contributed by atoms with Crippen LogP contribution in [-0.2, 0) is 0 Å². The molecule has 8 aliphatic rings. The first-order valence-corrected chi connectivity index (χ1v) is 17.5. The first kappa shape index (κ1) is 25.7. The average molecular weight is 517 g/mol. The predicted octanol–water partition coefficient (Wildman–Crippen LogP) is 9.57. The zero-order valence-electron chi connectivity index (χ0n) is 25.2. The minimum Gasteiger partial charge on any atom is -0.0945 e. The Morgan fingerprint density at radius 1 is 0.649 bits per heavy atom. The summed E-state index contributed by atoms with van der Waals surface area (Å²) in [5, 5.41) is 1.26. The standard InChI is InChI=1S/C35H54BP/c1-30(2,3)32-14-24-12-25(15-32)19-34(18-24,22-32)37(29(36)28-10-8-7-9-11-28)35-20-26-13-27(21-35)17-33(16-26,23-35)31(4,5)6/h7-11,24-27,29H,12-23,36H2,1-6H3. The van der Waals surface area contributed by atoms with Crippen LogP contribution in [-0.4, -0.2) is 18.2 Å². The predicted molar refractivity (Wildman–Crippen MR) is 163 cm³/mol. The molecule has 5 atom stereocenters. The third-order valence-electron chi connectivity index (χ3n) is 13.9. The molecule has 9 rings (SSSR count). The fourth-order valence-corrected chi connectivity index (χ4v) is 18.8. The summed E-state index contributed by atoms with van der Waals surface area (Å²) in [4.78, 5) is 0. The molecule has 1 aromatic rings. The maximum atomic E-state index is 2.73. The average Bonchev–Trinajstić information content (AvgIpc) is 2.76. The van der Waals surface area contributed by atoms with Gasteiger partial charge in [0, 0.05) is 0 Å². The minimum absolute atomic E-state index is 0.104. The molecule has 37 heavy (non-hydrogen) atoms. The van der Waals surface area contributed by atoms with Gasteiger partial charge in [-0.3, -0.25) is 0 Å². The van der Waals surface area contributed by atoms with Gasteiger partial charge in [0.25, 0.3) is 0 Å². The molecule has 202 valence electrons. The van der Waals surface area contributed by atoms with E-state index in [-0.39, 0.29) is 7.92 Å². The molecular weight excluding hydrogens is 462 g/mol. The fraction of sp³-hybridized carbons (Fsp3) is 0.829. The number of benzene rings is 1. The Labute approximate surface area is 231 Å². The van der Waals surface area contributed by atoms with E-state index < -0.39 is 0 Å². The molecule has 8 bridgehead atoms. The van der Waals surface area contributed by atoms with Crippen LogP contribution < -0.4 is 0 Å². The van der Waals surface area contributed by atoms with Gasteiger partial charge in [-0.2, -0.15) is 0 Å². The van der Waals surface area contributed by atoms with Crippen molar-refractivity contribution in [1.29, 1.82) is 0 Å². The Bertz CT molecular complexity index is 953. The topological polar surface area (TPSA) is 0 Å². The van der Waals surface area contributed by atoms with Crippen molar-refractivity contribution >= 4 is 15.8 Å². The van der Waals surface area contributed by atoms with Gasteiger partial charge in [0.1, 0.15) is 7.85 Å². The third kappa shape index (κ3) is 3.63. The van der Waals surface area contributed by atoms with Crippen molar-refractivity contribution in [2.45, 2.75) is 134 Å². The summed E-state index contributed by atoms with van der Waals surface area (Å²) in [5.41, 5.74) is 4.51. The van der Waals surface area contributed by atoms with Crippen LogP contribution in [0.5, 0.6) is 0 Å². The van der Waals surface area contributed by atoms with E-state index in [0.717, 1.165) is 29.2 Å². The van der Waals surface area contributed by atoms with Crippen LogP contribution in [0.3, 0.4) is 0 Å². The van der Waals surface area contributed by atoms with Crippen molar-refractivity contribution in [1.82, 2.24) is 0 Å². The Balaban J connectivity index is 1.39. The molecule has 8 aliphatic carbocycles. The number of hydrogen-bond acceptors (Lipinski definition) is 0.